The van der Waals surface area contributed by atoms with Gasteiger partial charge in [0.1, 0.15) is 11.6 Å². The van der Waals surface area contributed by atoms with Crippen molar-refractivity contribution in [2.45, 2.75) is 12.8 Å². The molecule has 6 nitrogen and oxygen atoms in total. The van der Waals surface area contributed by atoms with Gasteiger partial charge in [-0.25, -0.2) is 8.78 Å². The predicted octanol–water partition coefficient (Wildman–Crippen LogP) is 2.20. The maximum Gasteiger partial charge on any atom is 0.308 e. The molecule has 0 fully saturated rings. The van der Waals surface area contributed by atoms with E-state index in [1.807, 2.05) is 30.3 Å². The molecule has 0 aliphatic heterocycles. The van der Waals surface area contributed by atoms with Gasteiger partial charge in [-0.2, -0.15) is 0 Å². The highest BCUT2D eigenvalue weighted by molar-refractivity contribution is 5.92. The van der Waals surface area contributed by atoms with Crippen LogP contribution in [0.4, 0.5) is 14.5 Å². The molecule has 0 heterocycles. The zero-order chi connectivity index (χ0) is 19.6. The fourth-order valence-corrected chi connectivity index (χ4v) is 2.15. The van der Waals surface area contributed by atoms with Crippen molar-refractivity contribution in [2.75, 3.05) is 18.5 Å². The van der Waals surface area contributed by atoms with E-state index >= 15 is 0 Å². The number of ether oxygens (including phenoxy) is 1. The average Bonchev–Trinajstić information content (AvgIpc) is 2.64. The predicted molar refractivity (Wildman–Crippen MR) is 93.7 cm³/mol. The van der Waals surface area contributed by atoms with Crippen LogP contribution in [-0.2, 0) is 25.5 Å². The number of carbonyl (C=O) groups excluding carboxylic acids is 3. The van der Waals surface area contributed by atoms with Crippen molar-refractivity contribution in [3.8, 4) is 0 Å². The number of amides is 2. The third kappa shape index (κ3) is 7.23. The molecule has 2 aromatic carbocycles. The van der Waals surface area contributed by atoms with Crippen LogP contribution >= 0.6 is 0 Å². The summed E-state index contributed by atoms with van der Waals surface area (Å²) in [6.45, 7) is -0.586. The molecule has 0 radical (unpaired) electrons. The van der Waals surface area contributed by atoms with Gasteiger partial charge in [-0.3, -0.25) is 14.4 Å². The van der Waals surface area contributed by atoms with Gasteiger partial charge in [-0.05, 0) is 17.7 Å². The number of anilines is 1. The van der Waals surface area contributed by atoms with E-state index in [0.29, 0.717) is 0 Å². The molecule has 0 atom stereocenters. The first kappa shape index (κ1) is 20.0. The molecular formula is C19H18F2N2O4. The van der Waals surface area contributed by atoms with Crippen molar-refractivity contribution < 1.29 is 27.9 Å². The van der Waals surface area contributed by atoms with Crippen LogP contribution in [0, 0.1) is 11.6 Å². The minimum absolute atomic E-state index is 0.0602. The van der Waals surface area contributed by atoms with E-state index in [4.69, 9.17) is 4.74 Å². The molecule has 0 aromatic heterocycles. The molecule has 8 heteroatoms. The highest BCUT2D eigenvalue weighted by Crippen LogP contribution is 2.14. The van der Waals surface area contributed by atoms with Gasteiger partial charge in [0.25, 0.3) is 5.91 Å². The van der Waals surface area contributed by atoms with Crippen LogP contribution in [0.15, 0.2) is 48.5 Å². The van der Waals surface area contributed by atoms with E-state index in [0.717, 1.165) is 23.8 Å². The van der Waals surface area contributed by atoms with Crippen LogP contribution in [0.3, 0.4) is 0 Å². The minimum Gasteiger partial charge on any atom is -0.456 e. The maximum atomic E-state index is 13.4. The first-order valence-corrected chi connectivity index (χ1v) is 8.15. The second-order valence-electron chi connectivity index (χ2n) is 5.60. The summed E-state index contributed by atoms with van der Waals surface area (Å²) in [6, 6.07) is 11.7. The van der Waals surface area contributed by atoms with Gasteiger partial charge < -0.3 is 15.4 Å². The van der Waals surface area contributed by atoms with E-state index in [9.17, 15) is 23.2 Å². The number of nitrogens with one attached hydrogen (secondary N) is 2. The molecule has 0 bridgehead atoms. The van der Waals surface area contributed by atoms with Crippen molar-refractivity contribution in [1.29, 1.82) is 0 Å². The van der Waals surface area contributed by atoms with E-state index in [1.165, 1.54) is 0 Å². The van der Waals surface area contributed by atoms with Gasteiger partial charge in [-0.15, -0.1) is 0 Å². The first-order chi connectivity index (χ1) is 12.9. The van der Waals surface area contributed by atoms with Crippen LogP contribution in [-0.4, -0.2) is 30.9 Å². The van der Waals surface area contributed by atoms with Crippen molar-refractivity contribution in [3.63, 3.8) is 0 Å². The molecule has 2 aromatic rings. The summed E-state index contributed by atoms with van der Waals surface area (Å²) in [7, 11) is 0. The maximum absolute atomic E-state index is 13.4. The zero-order valence-corrected chi connectivity index (χ0v) is 14.3. The summed E-state index contributed by atoms with van der Waals surface area (Å²) in [5.41, 5.74) is 0.503. The Morgan fingerprint density at radius 1 is 0.963 bits per heavy atom. The number of halogens is 2. The quantitative estimate of drug-likeness (QED) is 0.692. The van der Waals surface area contributed by atoms with Gasteiger partial charge in [0.15, 0.2) is 6.61 Å². The van der Waals surface area contributed by atoms with Gasteiger partial charge in [0, 0.05) is 12.6 Å². The Bertz CT molecular complexity index is 813. The summed E-state index contributed by atoms with van der Waals surface area (Å²) in [4.78, 5) is 34.9. The topological polar surface area (TPSA) is 84.5 Å². The van der Waals surface area contributed by atoms with Crippen molar-refractivity contribution in [1.82, 2.24) is 5.32 Å². The molecule has 142 valence electrons. The van der Waals surface area contributed by atoms with Gasteiger partial charge >= 0.3 is 5.97 Å². The van der Waals surface area contributed by atoms with Crippen molar-refractivity contribution in [2.24, 2.45) is 0 Å². The van der Waals surface area contributed by atoms with E-state index in [1.54, 1.807) is 0 Å². The van der Waals surface area contributed by atoms with E-state index < -0.39 is 30.1 Å². The van der Waals surface area contributed by atoms with E-state index in [2.05, 4.69) is 10.6 Å². The molecular weight excluding hydrogens is 358 g/mol. The first-order valence-electron chi connectivity index (χ1n) is 8.15. The molecule has 0 unspecified atom stereocenters. The van der Waals surface area contributed by atoms with Crippen LogP contribution in [0.25, 0.3) is 0 Å². The lowest BCUT2D eigenvalue weighted by Gasteiger charge is -2.08. The Hall–Kier alpha value is -3.29. The molecule has 0 aliphatic carbocycles. The number of carbonyl (C=O) groups is 3. The second kappa shape index (κ2) is 10.0. The Kier molecular flexibility index (Phi) is 7.42. The third-order valence-electron chi connectivity index (χ3n) is 3.43. The summed E-state index contributed by atoms with van der Waals surface area (Å²) >= 11 is 0. The largest absolute Gasteiger partial charge is 0.456 e. The molecule has 2 N–H and O–H groups in total. The normalized spacial score (nSPS) is 10.1. The lowest BCUT2D eigenvalue weighted by molar-refractivity contribution is -0.147. The van der Waals surface area contributed by atoms with Crippen molar-refractivity contribution >= 4 is 23.5 Å². The molecule has 0 aliphatic rings. The molecule has 0 saturated carbocycles. The number of benzene rings is 2. The number of hydrogen-bond acceptors (Lipinski definition) is 4. The lowest BCUT2D eigenvalue weighted by atomic mass is 10.1. The van der Waals surface area contributed by atoms with Crippen LogP contribution in [0.2, 0.25) is 0 Å². The molecule has 2 amide bonds. The van der Waals surface area contributed by atoms with Gasteiger partial charge in [0.2, 0.25) is 5.91 Å². The number of hydrogen-bond donors (Lipinski definition) is 2. The summed E-state index contributed by atoms with van der Waals surface area (Å²) in [5.74, 6) is -3.27. The Balaban J connectivity index is 1.65. The molecule has 0 spiro atoms. The smallest absolute Gasteiger partial charge is 0.308 e. The van der Waals surface area contributed by atoms with Crippen molar-refractivity contribution in [3.05, 3.63) is 65.7 Å². The lowest BCUT2D eigenvalue weighted by Crippen LogP contribution is -2.28. The highest BCUT2D eigenvalue weighted by Gasteiger charge is 2.11. The second-order valence-corrected chi connectivity index (χ2v) is 5.60. The summed E-state index contributed by atoms with van der Waals surface area (Å²) in [6.07, 6.45) is 0.0691. The summed E-state index contributed by atoms with van der Waals surface area (Å²) in [5, 5.41) is 4.68. The fraction of sp³-hybridized carbons (Fsp3) is 0.211. The Morgan fingerprint density at radius 3 is 2.44 bits per heavy atom. The van der Waals surface area contributed by atoms with Crippen LogP contribution < -0.4 is 10.6 Å². The molecule has 2 rings (SSSR count). The zero-order valence-electron chi connectivity index (χ0n) is 14.3. The minimum atomic E-state index is -0.808. The van der Waals surface area contributed by atoms with Crippen LogP contribution in [0.1, 0.15) is 12.0 Å². The molecule has 27 heavy (non-hydrogen) atoms. The van der Waals surface area contributed by atoms with Gasteiger partial charge in [0.05, 0.1) is 18.5 Å². The monoisotopic (exact) mass is 376 g/mol. The van der Waals surface area contributed by atoms with Gasteiger partial charge in [-0.1, -0.05) is 30.3 Å². The van der Waals surface area contributed by atoms with E-state index in [-0.39, 0.29) is 31.0 Å². The summed E-state index contributed by atoms with van der Waals surface area (Å²) < 4.78 is 31.1. The third-order valence-corrected chi connectivity index (χ3v) is 3.43. The fourth-order valence-electron chi connectivity index (χ4n) is 2.15. The Labute approximate surface area is 154 Å². The molecule has 0 saturated heterocycles. The average molecular weight is 376 g/mol. The van der Waals surface area contributed by atoms with Crippen LogP contribution in [0.5, 0.6) is 0 Å². The highest BCUT2D eigenvalue weighted by atomic mass is 19.1. The Morgan fingerprint density at radius 2 is 1.70 bits per heavy atom. The number of rotatable bonds is 8. The number of esters is 1. The standard InChI is InChI=1S/C19H18F2N2O4/c20-14-6-7-15(21)16(11-14)23-18(25)12-27-19(26)8-9-22-17(24)10-13-4-2-1-3-5-13/h1-7,11H,8-10,12H2,(H,22,24)(H,23,25). The SMILES string of the molecule is O=C(Cc1ccccc1)NCCC(=O)OCC(=O)Nc1cc(F)ccc1F.